The van der Waals surface area contributed by atoms with Crippen LogP contribution in [0.5, 0.6) is 0 Å². The number of nitrogens with zero attached hydrogens (tertiary/aromatic N) is 6. The van der Waals surface area contributed by atoms with E-state index in [4.69, 9.17) is 11.6 Å². The fourth-order valence-electron chi connectivity index (χ4n) is 3.89. The molecule has 2 aromatic heterocycles. The minimum absolute atomic E-state index is 0.0122. The Labute approximate surface area is 193 Å². The van der Waals surface area contributed by atoms with E-state index in [1.165, 1.54) is 24.1 Å². The Bertz CT molecular complexity index is 1170. The summed E-state index contributed by atoms with van der Waals surface area (Å²) in [7, 11) is 1.54. The monoisotopic (exact) mass is 477 g/mol. The normalized spacial score (nSPS) is 14.3. The van der Waals surface area contributed by atoms with Crippen LogP contribution in [-0.4, -0.2) is 47.5 Å². The number of aromatic nitrogens is 5. The number of nitrogens with one attached hydrogen (secondary N) is 1. The van der Waals surface area contributed by atoms with Gasteiger partial charge < -0.3 is 5.32 Å². The van der Waals surface area contributed by atoms with Gasteiger partial charge in [-0.2, -0.15) is 4.80 Å². The van der Waals surface area contributed by atoms with Crippen LogP contribution in [-0.2, 0) is 13.6 Å². The van der Waals surface area contributed by atoms with E-state index in [-0.39, 0.29) is 45.8 Å². The van der Waals surface area contributed by atoms with Crippen molar-refractivity contribution in [1.29, 1.82) is 0 Å². The van der Waals surface area contributed by atoms with Gasteiger partial charge in [-0.05, 0) is 41.8 Å². The van der Waals surface area contributed by atoms with Gasteiger partial charge in [-0.3, -0.25) is 10.2 Å². The number of pyridine rings is 1. The fourth-order valence-corrected chi connectivity index (χ4v) is 4.09. The SMILES string of the molecule is Cn1nnc(-c2c(F)cc(Cl)cc2-c2cnc(CNC(=O)N(O)C3CCCCC3)c(F)c2)n1. The maximum absolute atomic E-state index is 14.8. The molecule has 4 rings (SSSR count). The summed E-state index contributed by atoms with van der Waals surface area (Å²) in [5.74, 6) is -1.38. The third-order valence-electron chi connectivity index (χ3n) is 5.55. The van der Waals surface area contributed by atoms with Gasteiger partial charge in [-0.25, -0.2) is 18.6 Å². The highest BCUT2D eigenvalue weighted by molar-refractivity contribution is 6.31. The van der Waals surface area contributed by atoms with Gasteiger partial charge in [0, 0.05) is 16.8 Å². The third kappa shape index (κ3) is 5.09. The molecular weight excluding hydrogens is 456 g/mol. The first-order chi connectivity index (χ1) is 15.8. The van der Waals surface area contributed by atoms with Crippen molar-refractivity contribution in [2.45, 2.75) is 44.7 Å². The number of benzene rings is 1. The molecule has 174 valence electrons. The van der Waals surface area contributed by atoms with Crippen molar-refractivity contribution in [2.24, 2.45) is 7.05 Å². The van der Waals surface area contributed by atoms with Crippen molar-refractivity contribution >= 4 is 17.6 Å². The molecule has 1 aromatic carbocycles. The predicted octanol–water partition coefficient (Wildman–Crippen LogP) is 4.10. The summed E-state index contributed by atoms with van der Waals surface area (Å²) in [4.78, 5) is 17.5. The van der Waals surface area contributed by atoms with Crippen molar-refractivity contribution < 1.29 is 18.8 Å². The summed E-state index contributed by atoms with van der Waals surface area (Å²) in [6.07, 6.45) is 5.77. The molecule has 2 amide bonds. The Morgan fingerprint density at radius 3 is 2.67 bits per heavy atom. The molecule has 0 saturated heterocycles. The van der Waals surface area contributed by atoms with Crippen molar-refractivity contribution in [2.75, 3.05) is 0 Å². The molecule has 0 atom stereocenters. The van der Waals surface area contributed by atoms with Crippen LogP contribution in [0.25, 0.3) is 22.5 Å². The molecule has 1 saturated carbocycles. The van der Waals surface area contributed by atoms with Crippen LogP contribution >= 0.6 is 11.6 Å². The van der Waals surface area contributed by atoms with Crippen LogP contribution in [0.2, 0.25) is 5.02 Å². The molecule has 0 unspecified atom stereocenters. The van der Waals surface area contributed by atoms with Crippen LogP contribution in [0.3, 0.4) is 0 Å². The number of carbonyl (C=O) groups is 1. The number of amides is 2. The Hall–Kier alpha value is -3.18. The smallest absolute Gasteiger partial charge is 0.330 e. The van der Waals surface area contributed by atoms with Crippen molar-refractivity contribution in [3.05, 3.63) is 46.7 Å². The van der Waals surface area contributed by atoms with Crippen LogP contribution in [0.15, 0.2) is 24.4 Å². The molecule has 1 aliphatic rings. The van der Waals surface area contributed by atoms with E-state index in [0.717, 1.165) is 44.2 Å². The Balaban J connectivity index is 1.54. The number of urea groups is 1. The molecule has 0 spiro atoms. The Morgan fingerprint density at radius 1 is 1.24 bits per heavy atom. The van der Waals surface area contributed by atoms with E-state index in [0.29, 0.717) is 5.06 Å². The molecule has 2 N–H and O–H groups in total. The first kappa shape index (κ1) is 23.0. The standard InChI is InChI=1S/C21H22ClF2N7O2/c1-30-28-20(27-29-30)19-15(8-13(22)9-17(19)24)12-7-16(23)18(25-10-12)11-26-21(32)31(33)14-5-3-2-4-6-14/h7-10,14,33H,2-6,11H2,1H3,(H,26,32). The van der Waals surface area contributed by atoms with Gasteiger partial charge in [-0.1, -0.05) is 30.9 Å². The molecule has 3 aromatic rings. The zero-order valence-electron chi connectivity index (χ0n) is 17.8. The summed E-state index contributed by atoms with van der Waals surface area (Å²) >= 11 is 6.02. The quantitative estimate of drug-likeness (QED) is 0.423. The van der Waals surface area contributed by atoms with E-state index in [9.17, 15) is 18.8 Å². The number of halogens is 3. The van der Waals surface area contributed by atoms with E-state index in [2.05, 4.69) is 25.7 Å². The number of tetrazole rings is 1. The topological polar surface area (TPSA) is 109 Å². The van der Waals surface area contributed by atoms with Crippen LogP contribution in [0, 0.1) is 11.6 Å². The van der Waals surface area contributed by atoms with Crippen molar-refractivity contribution in [3.8, 4) is 22.5 Å². The van der Waals surface area contributed by atoms with Gasteiger partial charge in [0.15, 0.2) is 0 Å². The van der Waals surface area contributed by atoms with Gasteiger partial charge in [-0.15, -0.1) is 10.2 Å². The molecule has 0 bridgehead atoms. The summed E-state index contributed by atoms with van der Waals surface area (Å²) < 4.78 is 29.5. The molecule has 1 fully saturated rings. The molecule has 1 aliphatic carbocycles. The van der Waals surface area contributed by atoms with E-state index in [1.807, 2.05) is 0 Å². The summed E-state index contributed by atoms with van der Waals surface area (Å²) in [5, 5.41) is 25.0. The van der Waals surface area contributed by atoms with Crippen molar-refractivity contribution in [3.63, 3.8) is 0 Å². The second-order valence-corrected chi connectivity index (χ2v) is 8.30. The minimum Gasteiger partial charge on any atom is -0.330 e. The van der Waals surface area contributed by atoms with Gasteiger partial charge in [0.2, 0.25) is 5.82 Å². The minimum atomic E-state index is -0.714. The highest BCUT2D eigenvalue weighted by Gasteiger charge is 2.24. The van der Waals surface area contributed by atoms with E-state index < -0.39 is 17.7 Å². The summed E-state index contributed by atoms with van der Waals surface area (Å²) in [6.45, 7) is -0.225. The first-order valence-corrected chi connectivity index (χ1v) is 10.9. The average molecular weight is 478 g/mol. The fraction of sp³-hybridized carbons (Fsp3) is 0.381. The second-order valence-electron chi connectivity index (χ2n) is 7.86. The summed E-state index contributed by atoms with van der Waals surface area (Å²) in [6, 6.07) is 2.78. The number of carbonyl (C=O) groups excluding carboxylic acids is 1. The van der Waals surface area contributed by atoms with E-state index in [1.54, 1.807) is 0 Å². The zero-order chi connectivity index (χ0) is 23.5. The lowest BCUT2D eigenvalue weighted by molar-refractivity contribution is -0.0872. The molecule has 33 heavy (non-hydrogen) atoms. The van der Waals surface area contributed by atoms with E-state index >= 15 is 0 Å². The maximum atomic E-state index is 14.8. The number of rotatable bonds is 5. The zero-order valence-corrected chi connectivity index (χ0v) is 18.6. The van der Waals surface area contributed by atoms with Gasteiger partial charge in [0.25, 0.3) is 0 Å². The second kappa shape index (κ2) is 9.75. The molecule has 9 nitrogen and oxygen atoms in total. The van der Waals surface area contributed by atoms with Gasteiger partial charge in [0.05, 0.1) is 30.9 Å². The Morgan fingerprint density at radius 2 is 2.00 bits per heavy atom. The number of aryl methyl sites for hydroxylation is 1. The van der Waals surface area contributed by atoms with Crippen LogP contribution in [0.1, 0.15) is 37.8 Å². The lowest BCUT2D eigenvalue weighted by atomic mass is 9.95. The summed E-state index contributed by atoms with van der Waals surface area (Å²) in [5.41, 5.74) is 0.468. The van der Waals surface area contributed by atoms with Crippen LogP contribution in [0.4, 0.5) is 13.6 Å². The lowest BCUT2D eigenvalue weighted by Crippen LogP contribution is -2.44. The van der Waals surface area contributed by atoms with Gasteiger partial charge >= 0.3 is 6.03 Å². The Kier molecular flexibility index (Phi) is 6.80. The first-order valence-electron chi connectivity index (χ1n) is 10.5. The third-order valence-corrected chi connectivity index (χ3v) is 5.77. The van der Waals surface area contributed by atoms with Crippen LogP contribution < -0.4 is 5.32 Å². The number of hydroxylamine groups is 2. The highest BCUT2D eigenvalue weighted by Crippen LogP contribution is 2.35. The average Bonchev–Trinajstić information content (AvgIpc) is 3.23. The van der Waals surface area contributed by atoms with Gasteiger partial charge in [0.1, 0.15) is 11.6 Å². The number of hydrogen-bond acceptors (Lipinski definition) is 6. The molecule has 0 aliphatic heterocycles. The predicted molar refractivity (Wildman–Crippen MR) is 115 cm³/mol. The number of hydrogen-bond donors (Lipinski definition) is 2. The lowest BCUT2D eigenvalue weighted by Gasteiger charge is -2.29. The molecular formula is C21H22ClF2N7O2. The molecule has 0 radical (unpaired) electrons. The highest BCUT2D eigenvalue weighted by atomic mass is 35.5. The molecule has 2 heterocycles. The van der Waals surface area contributed by atoms with Crippen molar-refractivity contribution in [1.82, 2.24) is 35.6 Å². The largest absolute Gasteiger partial charge is 0.341 e. The molecule has 12 heteroatoms. The maximum Gasteiger partial charge on any atom is 0.341 e.